The minimum Gasteiger partial charge on any atom is -0.444 e. The van der Waals surface area contributed by atoms with E-state index < -0.39 is 23.6 Å². The van der Waals surface area contributed by atoms with E-state index in [0.717, 1.165) is 25.9 Å². The summed E-state index contributed by atoms with van der Waals surface area (Å²) in [6.45, 7) is 9.87. The van der Waals surface area contributed by atoms with Crippen LogP contribution in [0.1, 0.15) is 83.8 Å². The van der Waals surface area contributed by atoms with Gasteiger partial charge in [-0.25, -0.2) is 48.5 Å². The third kappa shape index (κ3) is 8.73. The number of amides is 1. The van der Waals surface area contributed by atoms with Gasteiger partial charge in [0.1, 0.15) is 53.1 Å². The van der Waals surface area contributed by atoms with Gasteiger partial charge >= 0.3 is 6.09 Å². The van der Waals surface area contributed by atoms with E-state index in [1.165, 1.54) is 18.5 Å². The summed E-state index contributed by atoms with van der Waals surface area (Å²) in [5.41, 5.74) is 3.14. The van der Waals surface area contributed by atoms with E-state index in [-0.39, 0.29) is 22.6 Å². The van der Waals surface area contributed by atoms with Crippen LogP contribution in [0.4, 0.5) is 19.4 Å². The standard InChI is InChI=1S/C24H22BrFN8O.C19H20BrFN4O2/c1-14(31-22-20-24(29-12-28-22)33(13-30-20)18-7-3-5-11-35-18)23-32-16-9-8-15(26)19(25)21(16)34(23)17-6-2-4-10-27-17;1-11(23-18(26)27-19(2,3)4)17-24-13-9-8-12(21)15(20)16(13)25(17)14-7-5-6-10-22-14/h2,4,6,8-10,12-14,18H,3,5,7,11H2,1H3,(H,28,29,31);5-11H,1-4H3,(H,23,26)/t14-,18?;11-/m00/s1. The van der Waals surface area contributed by atoms with Gasteiger partial charge in [-0.2, -0.15) is 0 Å². The molecule has 6 aromatic heterocycles. The first-order chi connectivity index (χ1) is 29.8. The lowest BCUT2D eigenvalue weighted by molar-refractivity contribution is -0.0298. The van der Waals surface area contributed by atoms with Crippen molar-refractivity contribution in [3.05, 3.63) is 118 Å². The lowest BCUT2D eigenvalue weighted by Gasteiger charge is -2.23. The third-order valence-electron chi connectivity index (χ3n) is 9.91. The molecule has 0 radical (unpaired) electrons. The molecule has 1 unspecified atom stereocenters. The van der Waals surface area contributed by atoms with Gasteiger partial charge in [-0.1, -0.05) is 12.1 Å². The van der Waals surface area contributed by atoms with E-state index >= 15 is 0 Å². The monoisotopic (exact) mass is 970 g/mol. The zero-order valence-electron chi connectivity index (χ0n) is 34.4. The van der Waals surface area contributed by atoms with Crippen molar-refractivity contribution < 1.29 is 23.0 Å². The maximum atomic E-state index is 14.5. The SMILES string of the molecule is C[C@H](NC(=O)OC(C)(C)C)c1nc2ccc(F)c(Br)c2n1-c1ccccn1.C[C@H](Nc1ncnc2c1ncn2C1CCCCO1)c1nc2ccc(F)c(Br)c2n1-c1ccccn1. The van der Waals surface area contributed by atoms with Crippen LogP contribution in [-0.4, -0.2) is 66.9 Å². The number of carbonyl (C=O) groups excluding carboxylic acids is 1. The lowest BCUT2D eigenvalue weighted by Crippen LogP contribution is -2.34. The van der Waals surface area contributed by atoms with Crippen molar-refractivity contribution in [1.82, 2.24) is 53.9 Å². The number of anilines is 1. The molecule has 15 nitrogen and oxygen atoms in total. The second-order valence-corrected chi connectivity index (χ2v) is 17.1. The van der Waals surface area contributed by atoms with Gasteiger partial charge < -0.3 is 20.1 Å². The van der Waals surface area contributed by atoms with Crippen molar-refractivity contribution >= 4 is 77.0 Å². The fourth-order valence-electron chi connectivity index (χ4n) is 7.19. The highest BCUT2D eigenvalue weighted by atomic mass is 79.9. The summed E-state index contributed by atoms with van der Waals surface area (Å²) in [5, 5.41) is 6.21. The number of hydrogen-bond acceptors (Lipinski definition) is 11. The number of aromatic nitrogens is 10. The van der Waals surface area contributed by atoms with Crippen LogP contribution in [-0.2, 0) is 9.47 Å². The fraction of sp³-hybridized carbons (Fsp3) is 0.302. The summed E-state index contributed by atoms with van der Waals surface area (Å²) >= 11 is 6.71. The summed E-state index contributed by atoms with van der Waals surface area (Å²) in [6.07, 6.45) is 9.09. The molecule has 2 aromatic carbocycles. The quantitative estimate of drug-likeness (QED) is 0.149. The second kappa shape index (κ2) is 17.8. The molecule has 1 saturated heterocycles. The summed E-state index contributed by atoms with van der Waals surface area (Å²) < 4.78 is 46.0. The molecule has 0 bridgehead atoms. The van der Waals surface area contributed by atoms with Crippen LogP contribution < -0.4 is 10.6 Å². The number of benzene rings is 2. The number of ether oxygens (including phenoxy) is 2. The first kappa shape index (κ1) is 42.8. The molecule has 62 heavy (non-hydrogen) atoms. The van der Waals surface area contributed by atoms with Gasteiger partial charge in [0.15, 0.2) is 17.0 Å². The molecule has 7 heterocycles. The molecule has 19 heteroatoms. The topological polar surface area (TPSA) is 165 Å². The van der Waals surface area contributed by atoms with E-state index in [1.54, 1.807) is 75.2 Å². The Kier molecular flexibility index (Phi) is 12.3. The Bertz CT molecular complexity index is 2880. The first-order valence-corrected chi connectivity index (χ1v) is 21.5. The van der Waals surface area contributed by atoms with Gasteiger partial charge in [-0.05, 0) is 134 Å². The molecule has 0 saturated carbocycles. The first-order valence-electron chi connectivity index (χ1n) is 19.9. The maximum Gasteiger partial charge on any atom is 0.408 e. The molecule has 2 N–H and O–H groups in total. The van der Waals surface area contributed by atoms with E-state index in [9.17, 15) is 13.6 Å². The van der Waals surface area contributed by atoms with E-state index in [2.05, 4.69) is 72.4 Å². The molecule has 1 amide bonds. The van der Waals surface area contributed by atoms with Gasteiger partial charge in [-0.15, -0.1) is 0 Å². The van der Waals surface area contributed by atoms with E-state index in [1.807, 2.05) is 40.3 Å². The average Bonchev–Trinajstić information content (AvgIpc) is 3.99. The zero-order valence-corrected chi connectivity index (χ0v) is 37.5. The zero-order chi connectivity index (χ0) is 43.7. The molecule has 0 aliphatic carbocycles. The van der Waals surface area contributed by atoms with E-state index in [4.69, 9.17) is 14.5 Å². The Morgan fingerprint density at radius 2 is 1.40 bits per heavy atom. The summed E-state index contributed by atoms with van der Waals surface area (Å²) in [6, 6.07) is 16.2. The molecule has 3 atom stereocenters. The molecular weight excluding hydrogens is 930 g/mol. The molecule has 1 aliphatic rings. The number of hydrogen-bond donors (Lipinski definition) is 2. The third-order valence-corrected chi connectivity index (χ3v) is 11.4. The average molecular weight is 973 g/mol. The van der Waals surface area contributed by atoms with Gasteiger partial charge in [-0.3, -0.25) is 13.7 Å². The smallest absolute Gasteiger partial charge is 0.408 e. The number of pyridine rings is 2. The van der Waals surface area contributed by atoms with Gasteiger partial charge in [0.25, 0.3) is 0 Å². The number of nitrogens with one attached hydrogen (secondary N) is 2. The number of carbonyl (C=O) groups is 1. The normalized spacial score (nSPS) is 15.3. The molecule has 320 valence electrons. The van der Waals surface area contributed by atoms with Crippen molar-refractivity contribution in [1.29, 1.82) is 0 Å². The number of rotatable bonds is 8. The van der Waals surface area contributed by atoms with Crippen LogP contribution in [0.25, 0.3) is 44.9 Å². The number of alkyl carbamates (subject to hydrolysis) is 1. The predicted molar refractivity (Wildman–Crippen MR) is 237 cm³/mol. The lowest BCUT2D eigenvalue weighted by atomic mass is 10.2. The molecule has 9 rings (SSSR count). The summed E-state index contributed by atoms with van der Waals surface area (Å²) in [7, 11) is 0. The predicted octanol–water partition coefficient (Wildman–Crippen LogP) is 10.2. The Morgan fingerprint density at radius 3 is 1.94 bits per heavy atom. The van der Waals surface area contributed by atoms with Crippen LogP contribution in [0.5, 0.6) is 0 Å². The second-order valence-electron chi connectivity index (χ2n) is 15.5. The minimum absolute atomic E-state index is 0.0745. The molecule has 0 spiro atoms. The van der Waals surface area contributed by atoms with Crippen LogP contribution >= 0.6 is 31.9 Å². The number of imidazole rings is 3. The van der Waals surface area contributed by atoms with Gasteiger partial charge in [0, 0.05) is 19.0 Å². The molecule has 1 fully saturated rings. The Hall–Kier alpha value is -5.92. The van der Waals surface area contributed by atoms with Crippen molar-refractivity contribution in [3.8, 4) is 11.6 Å². The van der Waals surface area contributed by atoms with Crippen molar-refractivity contribution in [2.24, 2.45) is 0 Å². The Labute approximate surface area is 371 Å². The highest BCUT2D eigenvalue weighted by Gasteiger charge is 2.27. The highest BCUT2D eigenvalue weighted by Crippen LogP contribution is 2.35. The van der Waals surface area contributed by atoms with Gasteiger partial charge in [0.05, 0.1) is 49.4 Å². The number of fused-ring (bicyclic) bond motifs is 3. The molecular formula is C43H42Br2F2N12O3. The number of halogens is 4. The van der Waals surface area contributed by atoms with Crippen molar-refractivity contribution in [2.75, 3.05) is 11.9 Å². The minimum atomic E-state index is -0.614. The van der Waals surface area contributed by atoms with Crippen molar-refractivity contribution in [2.45, 2.75) is 77.8 Å². The fourth-order valence-corrected chi connectivity index (χ4v) is 8.21. The van der Waals surface area contributed by atoms with Gasteiger partial charge in [0.2, 0.25) is 0 Å². The van der Waals surface area contributed by atoms with Crippen LogP contribution in [0.15, 0.2) is 94.7 Å². The van der Waals surface area contributed by atoms with E-state index in [0.29, 0.717) is 66.8 Å². The number of nitrogens with zero attached hydrogens (tertiary/aromatic N) is 10. The van der Waals surface area contributed by atoms with Crippen LogP contribution in [0, 0.1) is 11.6 Å². The highest BCUT2D eigenvalue weighted by molar-refractivity contribution is 9.11. The largest absolute Gasteiger partial charge is 0.444 e. The van der Waals surface area contributed by atoms with Crippen molar-refractivity contribution in [3.63, 3.8) is 0 Å². The Morgan fingerprint density at radius 1 is 0.806 bits per heavy atom. The molecule has 1 aliphatic heterocycles. The summed E-state index contributed by atoms with van der Waals surface area (Å²) in [4.78, 5) is 44.0. The molecule has 8 aromatic rings. The summed E-state index contributed by atoms with van der Waals surface area (Å²) in [5.74, 6) is 2.19. The maximum absolute atomic E-state index is 14.5. The van der Waals surface area contributed by atoms with Crippen LogP contribution in [0.3, 0.4) is 0 Å². The van der Waals surface area contributed by atoms with Crippen LogP contribution in [0.2, 0.25) is 0 Å². The Balaban J connectivity index is 0.000000177.